The molecule has 11 heavy (non-hydrogen) atoms. The first-order chi connectivity index (χ1) is 4.93. The maximum atomic E-state index is 10.9. The van der Waals surface area contributed by atoms with Crippen LogP contribution in [0.3, 0.4) is 0 Å². The average molecular weight is 240 g/mol. The zero-order valence-corrected chi connectivity index (χ0v) is 8.35. The van der Waals surface area contributed by atoms with Crippen LogP contribution in [-0.2, 0) is 16.9 Å². The van der Waals surface area contributed by atoms with E-state index in [0.29, 0.717) is 4.73 Å². The Hall–Kier alpha value is -0.430. The van der Waals surface area contributed by atoms with Gasteiger partial charge in [-0.05, 0) is 15.9 Å². The van der Waals surface area contributed by atoms with E-state index >= 15 is 0 Å². The fourth-order valence-electron chi connectivity index (χ4n) is 0.620. The van der Waals surface area contributed by atoms with Gasteiger partial charge in [0.1, 0.15) is 0 Å². The summed E-state index contributed by atoms with van der Waals surface area (Å²) in [6.07, 6.45) is 1.09. The summed E-state index contributed by atoms with van der Waals surface area (Å²) < 4.78 is 23.6. The van der Waals surface area contributed by atoms with Gasteiger partial charge in [-0.3, -0.25) is 4.57 Å². The van der Waals surface area contributed by atoms with Crippen molar-refractivity contribution in [1.29, 1.82) is 0 Å². The van der Waals surface area contributed by atoms with Crippen LogP contribution in [0.1, 0.15) is 0 Å². The Morgan fingerprint density at radius 2 is 2.00 bits per heavy atom. The second-order valence-electron chi connectivity index (χ2n) is 2.08. The van der Waals surface area contributed by atoms with Crippen molar-refractivity contribution in [2.24, 2.45) is 7.05 Å². The van der Waals surface area contributed by atoms with E-state index in [4.69, 9.17) is 0 Å². The first kappa shape index (κ1) is 8.66. The van der Waals surface area contributed by atoms with Crippen LogP contribution in [0.5, 0.6) is 0 Å². The van der Waals surface area contributed by atoms with Crippen LogP contribution in [0.15, 0.2) is 9.89 Å². The number of aromatic nitrogens is 3. The number of hydrogen-bond acceptors (Lipinski definition) is 4. The molecule has 1 aromatic heterocycles. The fourth-order valence-corrected chi connectivity index (χ4v) is 1.76. The molecule has 0 aliphatic carbocycles. The number of hydrogen-bond donors (Lipinski definition) is 0. The minimum absolute atomic E-state index is 0.0376. The van der Waals surface area contributed by atoms with Crippen molar-refractivity contribution in [3.05, 3.63) is 4.73 Å². The van der Waals surface area contributed by atoms with Gasteiger partial charge in [0.15, 0.2) is 0 Å². The zero-order chi connectivity index (χ0) is 8.65. The lowest BCUT2D eigenvalue weighted by Crippen LogP contribution is -2.05. The Kier molecular flexibility index (Phi) is 2.02. The molecule has 0 saturated carbocycles. The highest BCUT2D eigenvalue weighted by atomic mass is 79.9. The molecule has 1 rings (SSSR count). The highest BCUT2D eigenvalue weighted by molar-refractivity contribution is 9.10. The highest BCUT2D eigenvalue weighted by Crippen LogP contribution is 2.10. The SMILES string of the molecule is Cn1c(Br)nnc1S(C)(=O)=O. The zero-order valence-electron chi connectivity index (χ0n) is 5.94. The molecule has 5 nitrogen and oxygen atoms in total. The summed E-state index contributed by atoms with van der Waals surface area (Å²) in [5, 5.41) is 6.96. The molecule has 1 heterocycles. The Balaban J connectivity index is 3.38. The molecule has 0 N–H and O–H groups in total. The van der Waals surface area contributed by atoms with E-state index in [1.54, 1.807) is 7.05 Å². The largest absolute Gasteiger partial charge is 0.296 e. The number of halogens is 1. The summed E-state index contributed by atoms with van der Waals surface area (Å²) in [4.78, 5) is 0. The van der Waals surface area contributed by atoms with Gasteiger partial charge < -0.3 is 0 Å². The van der Waals surface area contributed by atoms with Crippen LogP contribution >= 0.6 is 15.9 Å². The quantitative estimate of drug-likeness (QED) is 0.692. The van der Waals surface area contributed by atoms with Crippen molar-refractivity contribution in [3.8, 4) is 0 Å². The first-order valence-corrected chi connectivity index (χ1v) is 5.36. The highest BCUT2D eigenvalue weighted by Gasteiger charge is 2.15. The molecule has 0 aromatic carbocycles. The van der Waals surface area contributed by atoms with Crippen LogP contribution in [0, 0.1) is 0 Å². The lowest BCUT2D eigenvalue weighted by molar-refractivity contribution is 0.583. The molecule has 0 aliphatic heterocycles. The van der Waals surface area contributed by atoms with E-state index < -0.39 is 9.84 Å². The van der Waals surface area contributed by atoms with Crippen LogP contribution < -0.4 is 0 Å². The van der Waals surface area contributed by atoms with Crippen molar-refractivity contribution < 1.29 is 8.42 Å². The summed E-state index contributed by atoms with van der Waals surface area (Å²) >= 11 is 3.03. The van der Waals surface area contributed by atoms with Crippen molar-refractivity contribution in [2.75, 3.05) is 6.26 Å². The minimum Gasteiger partial charge on any atom is -0.296 e. The fraction of sp³-hybridized carbons (Fsp3) is 0.500. The predicted octanol–water partition coefficient (Wildman–Crippen LogP) is -0.0189. The van der Waals surface area contributed by atoms with Gasteiger partial charge in [-0.15, -0.1) is 10.2 Å². The van der Waals surface area contributed by atoms with E-state index in [-0.39, 0.29) is 5.16 Å². The van der Waals surface area contributed by atoms with Gasteiger partial charge in [0.05, 0.1) is 0 Å². The van der Waals surface area contributed by atoms with E-state index in [1.165, 1.54) is 4.57 Å². The molecule has 0 radical (unpaired) electrons. The average Bonchev–Trinajstić information content (AvgIpc) is 2.11. The van der Waals surface area contributed by atoms with Crippen LogP contribution in [0.4, 0.5) is 0 Å². The topological polar surface area (TPSA) is 64.8 Å². The molecule has 0 unspecified atom stereocenters. The van der Waals surface area contributed by atoms with Crippen LogP contribution in [-0.4, -0.2) is 29.4 Å². The lowest BCUT2D eigenvalue weighted by atomic mass is 11.1. The molecule has 62 valence electrons. The van der Waals surface area contributed by atoms with Crippen molar-refractivity contribution >= 4 is 25.8 Å². The minimum atomic E-state index is -3.25. The van der Waals surface area contributed by atoms with E-state index in [2.05, 4.69) is 26.1 Å². The maximum absolute atomic E-state index is 10.9. The van der Waals surface area contributed by atoms with E-state index in [9.17, 15) is 8.42 Å². The predicted molar refractivity (Wildman–Crippen MR) is 41.8 cm³/mol. The standard InChI is InChI=1S/C4H6BrN3O2S/c1-8-3(5)6-7-4(8)11(2,9)10/h1-2H3. The molecule has 1 aromatic rings. The van der Waals surface area contributed by atoms with Gasteiger partial charge in [0, 0.05) is 13.3 Å². The van der Waals surface area contributed by atoms with Crippen molar-refractivity contribution in [3.63, 3.8) is 0 Å². The van der Waals surface area contributed by atoms with Gasteiger partial charge in [0.25, 0.3) is 0 Å². The molecule has 0 bridgehead atoms. The smallest absolute Gasteiger partial charge is 0.249 e. The third-order valence-electron chi connectivity index (χ3n) is 1.11. The molecule has 0 spiro atoms. The monoisotopic (exact) mass is 239 g/mol. The van der Waals surface area contributed by atoms with E-state index in [0.717, 1.165) is 6.26 Å². The third kappa shape index (κ3) is 1.59. The Morgan fingerprint density at radius 3 is 2.18 bits per heavy atom. The molecular weight excluding hydrogens is 234 g/mol. The molecule has 7 heteroatoms. The summed E-state index contributed by atoms with van der Waals surface area (Å²) in [6, 6.07) is 0. The second-order valence-corrected chi connectivity index (χ2v) is 4.70. The summed E-state index contributed by atoms with van der Waals surface area (Å²) in [5.74, 6) is 0. The molecule has 0 fully saturated rings. The van der Waals surface area contributed by atoms with Gasteiger partial charge in [0.2, 0.25) is 19.7 Å². The van der Waals surface area contributed by atoms with E-state index in [1.807, 2.05) is 0 Å². The Labute approximate surface area is 72.5 Å². The Bertz CT molecular complexity index is 369. The Morgan fingerprint density at radius 1 is 1.45 bits per heavy atom. The van der Waals surface area contributed by atoms with Crippen molar-refractivity contribution in [1.82, 2.24) is 14.8 Å². The van der Waals surface area contributed by atoms with Gasteiger partial charge in [-0.25, -0.2) is 8.42 Å². The number of rotatable bonds is 1. The molecular formula is C4H6BrN3O2S. The van der Waals surface area contributed by atoms with Gasteiger partial charge >= 0.3 is 0 Å². The molecule has 0 saturated heterocycles. The summed E-state index contributed by atoms with van der Waals surface area (Å²) in [6.45, 7) is 0. The second kappa shape index (κ2) is 2.56. The molecule has 0 atom stereocenters. The van der Waals surface area contributed by atoms with Gasteiger partial charge in [-0.1, -0.05) is 0 Å². The first-order valence-electron chi connectivity index (χ1n) is 2.68. The van der Waals surface area contributed by atoms with Crippen molar-refractivity contribution in [2.45, 2.75) is 5.16 Å². The summed E-state index contributed by atoms with van der Waals surface area (Å²) in [7, 11) is -1.68. The number of nitrogens with zero attached hydrogens (tertiary/aromatic N) is 3. The molecule has 0 aliphatic rings. The summed E-state index contributed by atoms with van der Waals surface area (Å²) in [5.41, 5.74) is 0. The lowest BCUT2D eigenvalue weighted by Gasteiger charge is -1.95. The van der Waals surface area contributed by atoms with Crippen LogP contribution in [0.2, 0.25) is 0 Å². The van der Waals surface area contributed by atoms with Gasteiger partial charge in [-0.2, -0.15) is 0 Å². The number of sulfone groups is 1. The van der Waals surface area contributed by atoms with Crippen LogP contribution in [0.25, 0.3) is 0 Å². The normalized spacial score (nSPS) is 11.9. The third-order valence-corrected chi connectivity index (χ3v) is 2.82. The molecule has 0 amide bonds. The maximum Gasteiger partial charge on any atom is 0.249 e.